The smallest absolute Gasteiger partial charge is 0.133 e. The molecule has 0 saturated heterocycles. The van der Waals surface area contributed by atoms with Crippen LogP contribution in [0.25, 0.3) is 0 Å². The summed E-state index contributed by atoms with van der Waals surface area (Å²) >= 11 is 0. The van der Waals surface area contributed by atoms with Gasteiger partial charge in [0.15, 0.2) is 0 Å². The van der Waals surface area contributed by atoms with Gasteiger partial charge in [-0.1, -0.05) is 0 Å². The molecule has 0 aromatic carbocycles. The minimum absolute atomic E-state index is 0.0850. The summed E-state index contributed by atoms with van der Waals surface area (Å²) in [5.74, 6) is 0.399. The minimum Gasteiger partial charge on any atom is -0.394 e. The largest absolute Gasteiger partial charge is 0.394 e. The van der Waals surface area contributed by atoms with Gasteiger partial charge in [-0.15, -0.1) is 0 Å². The Morgan fingerprint density at radius 1 is 1.40 bits per heavy atom. The highest BCUT2D eigenvalue weighted by Crippen LogP contribution is 2.18. The molecule has 0 unspecified atom stereocenters. The van der Waals surface area contributed by atoms with E-state index < -0.39 is 0 Å². The molecule has 0 aromatic heterocycles. The number of ketones is 1. The van der Waals surface area contributed by atoms with Gasteiger partial charge < -0.3 is 14.7 Å². The lowest BCUT2D eigenvalue weighted by Gasteiger charge is -2.30. The van der Waals surface area contributed by atoms with Crippen molar-refractivity contribution in [3.8, 4) is 0 Å². The van der Waals surface area contributed by atoms with E-state index in [-0.39, 0.29) is 6.61 Å². The van der Waals surface area contributed by atoms with Crippen LogP contribution in [0.4, 0.5) is 0 Å². The van der Waals surface area contributed by atoms with Crippen LogP contribution >= 0.6 is 0 Å². The lowest BCUT2D eigenvalue weighted by atomic mass is 9.93. The molecule has 15 heavy (non-hydrogen) atoms. The number of rotatable bonds is 6. The van der Waals surface area contributed by atoms with Crippen LogP contribution < -0.4 is 0 Å². The van der Waals surface area contributed by atoms with Crippen molar-refractivity contribution in [3.05, 3.63) is 0 Å². The van der Waals surface area contributed by atoms with Crippen molar-refractivity contribution >= 4 is 5.78 Å². The summed E-state index contributed by atoms with van der Waals surface area (Å²) in [7, 11) is 2.07. The Balaban J connectivity index is 2.11. The second-order valence-electron chi connectivity index (χ2n) is 4.09. The Morgan fingerprint density at radius 2 is 2.07 bits per heavy atom. The number of nitrogens with zero attached hydrogens (tertiary/aromatic N) is 1. The maximum atomic E-state index is 11.1. The van der Waals surface area contributed by atoms with Gasteiger partial charge in [0.2, 0.25) is 0 Å². The molecule has 0 amide bonds. The third-order valence-electron chi connectivity index (χ3n) is 2.96. The number of likely N-dealkylation sites (N-methyl/N-ethyl adjacent to an activating group) is 1. The first-order valence-electron chi connectivity index (χ1n) is 5.64. The molecule has 1 aliphatic carbocycles. The molecule has 0 aliphatic heterocycles. The number of carbonyl (C=O) groups excluding carboxylic acids is 1. The van der Waals surface area contributed by atoms with E-state index in [9.17, 15) is 4.79 Å². The zero-order valence-corrected chi connectivity index (χ0v) is 9.45. The lowest BCUT2D eigenvalue weighted by Crippen LogP contribution is -2.37. The molecule has 0 radical (unpaired) electrons. The molecule has 4 heteroatoms. The molecular weight excluding hydrogens is 194 g/mol. The maximum absolute atomic E-state index is 11.1. The minimum atomic E-state index is 0.0850. The zero-order chi connectivity index (χ0) is 11.1. The number of hydrogen-bond donors (Lipinski definition) is 1. The highest BCUT2D eigenvalue weighted by Gasteiger charge is 2.21. The van der Waals surface area contributed by atoms with Crippen LogP contribution in [0.5, 0.6) is 0 Å². The van der Waals surface area contributed by atoms with Crippen LogP contribution in [-0.2, 0) is 9.53 Å². The summed E-state index contributed by atoms with van der Waals surface area (Å²) in [5.41, 5.74) is 0. The van der Waals surface area contributed by atoms with Gasteiger partial charge in [0.05, 0.1) is 19.8 Å². The van der Waals surface area contributed by atoms with Crippen LogP contribution in [0.1, 0.15) is 25.7 Å². The van der Waals surface area contributed by atoms with E-state index in [4.69, 9.17) is 9.84 Å². The van der Waals surface area contributed by atoms with E-state index in [1.165, 1.54) is 0 Å². The number of aliphatic hydroxyl groups is 1. The SMILES string of the molecule is CN(CCOCCO)C1CCC(=O)CC1. The Morgan fingerprint density at radius 3 is 2.67 bits per heavy atom. The zero-order valence-electron chi connectivity index (χ0n) is 9.45. The van der Waals surface area contributed by atoms with Gasteiger partial charge in [0, 0.05) is 25.4 Å². The van der Waals surface area contributed by atoms with Gasteiger partial charge in [0.1, 0.15) is 5.78 Å². The Kier molecular flexibility index (Phi) is 5.83. The molecule has 0 heterocycles. The summed E-state index contributed by atoms with van der Waals surface area (Å²) in [6, 6.07) is 0.528. The Bertz CT molecular complexity index is 186. The molecule has 0 bridgehead atoms. The van der Waals surface area contributed by atoms with E-state index >= 15 is 0 Å². The predicted octanol–water partition coefficient (Wildman–Crippen LogP) is 0.439. The summed E-state index contributed by atoms with van der Waals surface area (Å²) in [4.78, 5) is 13.3. The highest BCUT2D eigenvalue weighted by atomic mass is 16.5. The Labute approximate surface area is 91.2 Å². The molecule has 0 atom stereocenters. The molecule has 0 aromatic rings. The molecule has 1 saturated carbocycles. The van der Waals surface area contributed by atoms with Gasteiger partial charge in [-0.3, -0.25) is 4.79 Å². The first kappa shape index (κ1) is 12.6. The van der Waals surface area contributed by atoms with Crippen molar-refractivity contribution in [2.45, 2.75) is 31.7 Å². The first-order chi connectivity index (χ1) is 7.24. The van der Waals surface area contributed by atoms with Crippen molar-refractivity contribution in [2.24, 2.45) is 0 Å². The fraction of sp³-hybridized carbons (Fsp3) is 0.909. The average Bonchev–Trinajstić information content (AvgIpc) is 2.25. The fourth-order valence-electron chi connectivity index (χ4n) is 1.92. The maximum Gasteiger partial charge on any atom is 0.133 e. The summed E-state index contributed by atoms with van der Waals surface area (Å²) < 4.78 is 5.21. The van der Waals surface area contributed by atoms with Crippen molar-refractivity contribution in [3.63, 3.8) is 0 Å². The van der Waals surface area contributed by atoms with E-state index in [2.05, 4.69) is 11.9 Å². The van der Waals surface area contributed by atoms with E-state index in [0.29, 0.717) is 25.0 Å². The summed E-state index contributed by atoms with van der Waals surface area (Å²) in [6.07, 6.45) is 3.42. The normalized spacial score (nSPS) is 18.7. The second-order valence-corrected chi connectivity index (χ2v) is 4.09. The number of ether oxygens (including phenoxy) is 1. The van der Waals surface area contributed by atoms with E-state index in [1.54, 1.807) is 0 Å². The van der Waals surface area contributed by atoms with Gasteiger partial charge in [0.25, 0.3) is 0 Å². The Hall–Kier alpha value is -0.450. The number of aliphatic hydroxyl groups excluding tert-OH is 1. The van der Waals surface area contributed by atoms with Gasteiger partial charge in [-0.2, -0.15) is 0 Å². The fourth-order valence-corrected chi connectivity index (χ4v) is 1.92. The molecule has 0 spiro atoms. The molecule has 1 rings (SSSR count). The topological polar surface area (TPSA) is 49.8 Å². The molecule has 4 nitrogen and oxygen atoms in total. The predicted molar refractivity (Wildman–Crippen MR) is 57.8 cm³/mol. The third-order valence-corrected chi connectivity index (χ3v) is 2.96. The second kappa shape index (κ2) is 6.93. The molecule has 1 aliphatic rings. The van der Waals surface area contributed by atoms with Crippen molar-refractivity contribution in [2.75, 3.05) is 33.4 Å². The van der Waals surface area contributed by atoms with Gasteiger partial charge in [-0.05, 0) is 19.9 Å². The molecular formula is C11H21NO3. The molecule has 1 N–H and O–H groups in total. The molecule has 88 valence electrons. The van der Waals surface area contributed by atoms with Gasteiger partial charge in [-0.25, -0.2) is 0 Å². The molecule has 1 fully saturated rings. The monoisotopic (exact) mass is 215 g/mol. The van der Waals surface area contributed by atoms with Crippen molar-refractivity contribution in [1.82, 2.24) is 4.90 Å². The highest BCUT2D eigenvalue weighted by molar-refractivity contribution is 5.79. The van der Waals surface area contributed by atoms with Crippen LogP contribution in [0.15, 0.2) is 0 Å². The van der Waals surface area contributed by atoms with Crippen LogP contribution in [0, 0.1) is 0 Å². The number of Topliss-reactive ketones (excluding diaryl/α,β-unsaturated/α-hetero) is 1. The van der Waals surface area contributed by atoms with Crippen LogP contribution in [0.3, 0.4) is 0 Å². The number of carbonyl (C=O) groups is 1. The van der Waals surface area contributed by atoms with Crippen molar-refractivity contribution < 1.29 is 14.6 Å². The average molecular weight is 215 g/mol. The van der Waals surface area contributed by atoms with Crippen LogP contribution in [0.2, 0.25) is 0 Å². The summed E-state index contributed by atoms with van der Waals surface area (Å²) in [5, 5.41) is 8.53. The third kappa shape index (κ3) is 4.73. The lowest BCUT2D eigenvalue weighted by molar-refractivity contribution is -0.121. The standard InChI is InChI=1S/C11H21NO3/c1-12(6-8-15-9-7-13)10-2-4-11(14)5-3-10/h10,13H,2-9H2,1H3. The quantitative estimate of drug-likeness (QED) is 0.653. The number of hydrogen-bond acceptors (Lipinski definition) is 4. The van der Waals surface area contributed by atoms with Gasteiger partial charge >= 0.3 is 0 Å². The van der Waals surface area contributed by atoms with Crippen LogP contribution in [-0.4, -0.2) is 55.2 Å². The summed E-state index contributed by atoms with van der Waals surface area (Å²) in [6.45, 7) is 2.03. The van der Waals surface area contributed by atoms with E-state index in [0.717, 1.165) is 32.2 Å². The van der Waals surface area contributed by atoms with Crippen molar-refractivity contribution in [1.29, 1.82) is 0 Å². The van der Waals surface area contributed by atoms with E-state index in [1.807, 2.05) is 0 Å². The first-order valence-corrected chi connectivity index (χ1v) is 5.64.